The molecule has 0 aliphatic heterocycles. The van der Waals surface area contributed by atoms with E-state index < -0.39 is 12.2 Å². The highest BCUT2D eigenvalue weighted by Gasteiger charge is 2.29. The standard InChI is InChI=1S/C13H19NO2/c15-12-8-4-7-11(13(12)16)14-9-10-5-2-1-3-6-10/h1-3,5-6,11-16H,4,7-9H2. The number of nitrogens with one attached hydrogen (secondary N) is 1. The van der Waals surface area contributed by atoms with E-state index >= 15 is 0 Å². The molecular weight excluding hydrogens is 202 g/mol. The zero-order valence-corrected chi connectivity index (χ0v) is 9.34. The van der Waals surface area contributed by atoms with Crippen molar-refractivity contribution in [1.82, 2.24) is 5.32 Å². The zero-order chi connectivity index (χ0) is 11.4. The van der Waals surface area contributed by atoms with Crippen LogP contribution in [0, 0.1) is 0 Å². The third-order valence-corrected chi connectivity index (χ3v) is 3.23. The van der Waals surface area contributed by atoms with Gasteiger partial charge in [0.05, 0.1) is 12.2 Å². The van der Waals surface area contributed by atoms with E-state index in [9.17, 15) is 10.2 Å². The first-order valence-corrected chi connectivity index (χ1v) is 5.91. The summed E-state index contributed by atoms with van der Waals surface area (Å²) >= 11 is 0. The van der Waals surface area contributed by atoms with Crippen molar-refractivity contribution in [2.24, 2.45) is 0 Å². The Hall–Kier alpha value is -0.900. The Morgan fingerprint density at radius 2 is 1.88 bits per heavy atom. The lowest BCUT2D eigenvalue weighted by Crippen LogP contribution is -2.48. The molecule has 3 unspecified atom stereocenters. The Kier molecular flexibility index (Phi) is 3.93. The van der Waals surface area contributed by atoms with Gasteiger partial charge in [-0.15, -0.1) is 0 Å². The highest BCUT2D eigenvalue weighted by molar-refractivity contribution is 5.14. The van der Waals surface area contributed by atoms with E-state index in [2.05, 4.69) is 17.4 Å². The Morgan fingerprint density at radius 3 is 2.62 bits per heavy atom. The van der Waals surface area contributed by atoms with Crippen molar-refractivity contribution in [2.75, 3.05) is 0 Å². The number of hydrogen-bond acceptors (Lipinski definition) is 3. The Balaban J connectivity index is 1.85. The highest BCUT2D eigenvalue weighted by atomic mass is 16.3. The summed E-state index contributed by atoms with van der Waals surface area (Å²) in [6, 6.07) is 10.1. The molecule has 0 bridgehead atoms. The monoisotopic (exact) mass is 221 g/mol. The summed E-state index contributed by atoms with van der Waals surface area (Å²) in [5.74, 6) is 0. The van der Waals surface area contributed by atoms with Crippen molar-refractivity contribution < 1.29 is 10.2 Å². The molecule has 1 aromatic rings. The molecule has 1 aromatic carbocycles. The fourth-order valence-corrected chi connectivity index (χ4v) is 2.22. The normalized spacial score (nSPS) is 30.2. The van der Waals surface area contributed by atoms with Crippen LogP contribution in [0.4, 0.5) is 0 Å². The molecule has 1 saturated carbocycles. The topological polar surface area (TPSA) is 52.5 Å². The Labute approximate surface area is 96.1 Å². The van der Waals surface area contributed by atoms with E-state index in [0.717, 1.165) is 19.4 Å². The van der Waals surface area contributed by atoms with Gasteiger partial charge < -0.3 is 15.5 Å². The molecule has 3 N–H and O–H groups in total. The van der Waals surface area contributed by atoms with Gasteiger partial charge in [-0.05, 0) is 24.8 Å². The number of aliphatic hydroxyl groups is 2. The van der Waals surface area contributed by atoms with E-state index in [4.69, 9.17) is 0 Å². The van der Waals surface area contributed by atoms with Crippen LogP contribution in [0.1, 0.15) is 24.8 Å². The van der Waals surface area contributed by atoms with Crippen LogP contribution < -0.4 is 5.32 Å². The molecule has 3 heteroatoms. The van der Waals surface area contributed by atoms with E-state index in [1.807, 2.05) is 18.2 Å². The highest BCUT2D eigenvalue weighted by Crippen LogP contribution is 2.19. The van der Waals surface area contributed by atoms with Gasteiger partial charge in [-0.1, -0.05) is 30.3 Å². The van der Waals surface area contributed by atoms with Crippen LogP contribution in [-0.2, 0) is 6.54 Å². The van der Waals surface area contributed by atoms with Gasteiger partial charge in [-0.3, -0.25) is 0 Å². The average molecular weight is 221 g/mol. The van der Waals surface area contributed by atoms with Crippen molar-refractivity contribution in [3.63, 3.8) is 0 Å². The zero-order valence-electron chi connectivity index (χ0n) is 9.34. The third kappa shape index (κ3) is 2.82. The minimum atomic E-state index is -0.627. The van der Waals surface area contributed by atoms with E-state index in [-0.39, 0.29) is 6.04 Å². The Bertz CT molecular complexity index is 315. The van der Waals surface area contributed by atoms with Gasteiger partial charge in [0.15, 0.2) is 0 Å². The summed E-state index contributed by atoms with van der Waals surface area (Å²) < 4.78 is 0. The largest absolute Gasteiger partial charge is 0.390 e. The second-order valence-corrected chi connectivity index (χ2v) is 4.46. The van der Waals surface area contributed by atoms with Gasteiger partial charge >= 0.3 is 0 Å². The average Bonchev–Trinajstić information content (AvgIpc) is 2.32. The summed E-state index contributed by atoms with van der Waals surface area (Å²) in [4.78, 5) is 0. The van der Waals surface area contributed by atoms with Crippen LogP contribution in [0.3, 0.4) is 0 Å². The second kappa shape index (κ2) is 5.43. The molecule has 0 saturated heterocycles. The molecule has 2 rings (SSSR count). The lowest BCUT2D eigenvalue weighted by Gasteiger charge is -2.32. The van der Waals surface area contributed by atoms with Gasteiger partial charge in [0.2, 0.25) is 0 Å². The lowest BCUT2D eigenvalue weighted by atomic mass is 9.90. The quantitative estimate of drug-likeness (QED) is 0.715. The first-order valence-electron chi connectivity index (χ1n) is 5.91. The van der Waals surface area contributed by atoms with E-state index in [1.54, 1.807) is 0 Å². The first kappa shape index (κ1) is 11.6. The van der Waals surface area contributed by atoms with Crippen molar-refractivity contribution in [3.8, 4) is 0 Å². The summed E-state index contributed by atoms with van der Waals surface area (Å²) in [6.45, 7) is 0.745. The van der Waals surface area contributed by atoms with E-state index in [1.165, 1.54) is 5.56 Å². The second-order valence-electron chi connectivity index (χ2n) is 4.46. The molecular formula is C13H19NO2. The molecule has 0 amide bonds. The summed E-state index contributed by atoms with van der Waals surface area (Å²) in [6.07, 6.45) is 1.43. The van der Waals surface area contributed by atoms with Crippen molar-refractivity contribution in [3.05, 3.63) is 35.9 Å². The van der Waals surface area contributed by atoms with Crippen molar-refractivity contribution >= 4 is 0 Å². The third-order valence-electron chi connectivity index (χ3n) is 3.23. The predicted octanol–water partition coefficient (Wildman–Crippen LogP) is 1.05. The maximum absolute atomic E-state index is 9.80. The molecule has 1 aliphatic carbocycles. The minimum Gasteiger partial charge on any atom is -0.390 e. The van der Waals surface area contributed by atoms with Crippen LogP contribution in [0.15, 0.2) is 30.3 Å². The molecule has 3 nitrogen and oxygen atoms in total. The molecule has 0 spiro atoms. The van der Waals surface area contributed by atoms with Crippen LogP contribution in [0.25, 0.3) is 0 Å². The number of benzene rings is 1. The lowest BCUT2D eigenvalue weighted by molar-refractivity contribution is -0.0297. The van der Waals surface area contributed by atoms with Crippen molar-refractivity contribution in [2.45, 2.75) is 44.1 Å². The van der Waals surface area contributed by atoms with Crippen LogP contribution in [0.2, 0.25) is 0 Å². The summed E-state index contributed by atoms with van der Waals surface area (Å²) in [5, 5.41) is 22.7. The summed E-state index contributed by atoms with van der Waals surface area (Å²) in [5.41, 5.74) is 1.20. The maximum atomic E-state index is 9.80. The number of hydrogen-bond donors (Lipinski definition) is 3. The number of aliphatic hydroxyl groups excluding tert-OH is 2. The van der Waals surface area contributed by atoms with Gasteiger partial charge in [-0.2, -0.15) is 0 Å². The van der Waals surface area contributed by atoms with Crippen LogP contribution >= 0.6 is 0 Å². The fraction of sp³-hybridized carbons (Fsp3) is 0.538. The number of rotatable bonds is 3. The molecule has 0 radical (unpaired) electrons. The summed E-state index contributed by atoms with van der Waals surface area (Å²) in [7, 11) is 0. The predicted molar refractivity (Wildman–Crippen MR) is 62.9 cm³/mol. The van der Waals surface area contributed by atoms with Crippen molar-refractivity contribution in [1.29, 1.82) is 0 Å². The fourth-order valence-electron chi connectivity index (χ4n) is 2.22. The van der Waals surface area contributed by atoms with Crippen LogP contribution in [-0.4, -0.2) is 28.5 Å². The molecule has 1 aliphatic rings. The molecule has 0 aromatic heterocycles. The molecule has 88 valence electrons. The molecule has 0 heterocycles. The maximum Gasteiger partial charge on any atom is 0.0951 e. The SMILES string of the molecule is OC1CCCC(NCc2ccccc2)C1O. The molecule has 16 heavy (non-hydrogen) atoms. The van der Waals surface area contributed by atoms with Gasteiger partial charge in [0.1, 0.15) is 0 Å². The van der Waals surface area contributed by atoms with Gasteiger partial charge in [0, 0.05) is 12.6 Å². The van der Waals surface area contributed by atoms with Crippen LogP contribution in [0.5, 0.6) is 0 Å². The van der Waals surface area contributed by atoms with Gasteiger partial charge in [0.25, 0.3) is 0 Å². The molecule has 3 atom stereocenters. The van der Waals surface area contributed by atoms with E-state index in [0.29, 0.717) is 6.42 Å². The minimum absolute atomic E-state index is 0.0176. The smallest absolute Gasteiger partial charge is 0.0951 e. The van der Waals surface area contributed by atoms with Gasteiger partial charge in [-0.25, -0.2) is 0 Å². The first-order chi connectivity index (χ1) is 7.77. The molecule has 1 fully saturated rings. The Morgan fingerprint density at radius 1 is 1.12 bits per heavy atom.